The minimum Gasteiger partial charge on any atom is -0.376 e. The molecule has 1 aromatic heterocycles. The molecule has 0 saturated carbocycles. The van der Waals surface area contributed by atoms with Crippen LogP contribution in [0.3, 0.4) is 0 Å². The van der Waals surface area contributed by atoms with Gasteiger partial charge in [0, 0.05) is 29.7 Å². The predicted molar refractivity (Wildman–Crippen MR) is 67.7 cm³/mol. The lowest BCUT2D eigenvalue weighted by atomic mass is 10.2. The van der Waals surface area contributed by atoms with Gasteiger partial charge in [0.25, 0.3) is 0 Å². The van der Waals surface area contributed by atoms with Gasteiger partial charge in [0.1, 0.15) is 0 Å². The highest BCUT2D eigenvalue weighted by Crippen LogP contribution is 2.21. The third kappa shape index (κ3) is 1.98. The van der Waals surface area contributed by atoms with Gasteiger partial charge in [-0.25, -0.2) is 0 Å². The van der Waals surface area contributed by atoms with Gasteiger partial charge < -0.3 is 9.30 Å². The van der Waals surface area contributed by atoms with Crippen molar-refractivity contribution >= 4 is 10.9 Å². The third-order valence-electron chi connectivity index (χ3n) is 2.91. The highest BCUT2D eigenvalue weighted by molar-refractivity contribution is 5.82. The van der Waals surface area contributed by atoms with Crippen LogP contribution in [0.15, 0.2) is 24.3 Å². The fourth-order valence-corrected chi connectivity index (χ4v) is 2.15. The van der Waals surface area contributed by atoms with Crippen molar-refractivity contribution in [2.24, 2.45) is 0 Å². The summed E-state index contributed by atoms with van der Waals surface area (Å²) in [6.45, 7) is 8.81. The fraction of sp³-hybridized carbons (Fsp3) is 0.429. The lowest BCUT2D eigenvalue weighted by molar-refractivity contribution is 0.129. The average Bonchev–Trinajstić information content (AvgIpc) is 2.62. The molecule has 0 N–H and O–H groups in total. The molecule has 0 saturated heterocycles. The van der Waals surface area contributed by atoms with Gasteiger partial charge in [-0.3, -0.25) is 0 Å². The van der Waals surface area contributed by atoms with Gasteiger partial charge in [-0.05, 0) is 39.0 Å². The van der Waals surface area contributed by atoms with E-state index in [0.717, 1.165) is 13.2 Å². The molecule has 2 aromatic rings. The Morgan fingerprint density at radius 1 is 1.19 bits per heavy atom. The summed E-state index contributed by atoms with van der Waals surface area (Å²) < 4.78 is 7.82. The van der Waals surface area contributed by atoms with Crippen molar-refractivity contribution in [1.29, 1.82) is 0 Å². The molecule has 16 heavy (non-hydrogen) atoms. The second-order valence-electron chi connectivity index (χ2n) is 4.08. The summed E-state index contributed by atoms with van der Waals surface area (Å²) in [5.74, 6) is 0. The Morgan fingerprint density at radius 2 is 2.00 bits per heavy atom. The molecule has 1 aromatic carbocycles. The van der Waals surface area contributed by atoms with Gasteiger partial charge >= 0.3 is 0 Å². The van der Waals surface area contributed by atoms with E-state index in [4.69, 9.17) is 4.74 Å². The SMILES string of the molecule is CCOCc1cc2cc(C)ccc2n1CC. The number of aryl methyl sites for hydroxylation is 2. The third-order valence-corrected chi connectivity index (χ3v) is 2.91. The molecule has 86 valence electrons. The first kappa shape index (κ1) is 11.2. The smallest absolute Gasteiger partial charge is 0.0867 e. The molecule has 0 amide bonds. The van der Waals surface area contributed by atoms with Crippen LogP contribution in [0, 0.1) is 6.92 Å². The fourth-order valence-electron chi connectivity index (χ4n) is 2.15. The van der Waals surface area contributed by atoms with Crippen LogP contribution in [0.5, 0.6) is 0 Å². The van der Waals surface area contributed by atoms with Crippen LogP contribution in [0.25, 0.3) is 10.9 Å². The van der Waals surface area contributed by atoms with Crippen molar-refractivity contribution in [3.05, 3.63) is 35.5 Å². The Morgan fingerprint density at radius 3 is 2.69 bits per heavy atom. The Kier molecular flexibility index (Phi) is 3.30. The van der Waals surface area contributed by atoms with Gasteiger partial charge in [0.2, 0.25) is 0 Å². The number of rotatable bonds is 4. The molecular weight excluding hydrogens is 198 g/mol. The first-order valence-corrected chi connectivity index (χ1v) is 5.92. The number of ether oxygens (including phenoxy) is 1. The number of fused-ring (bicyclic) bond motifs is 1. The summed E-state index contributed by atoms with van der Waals surface area (Å²) in [5.41, 5.74) is 3.89. The second kappa shape index (κ2) is 4.71. The van der Waals surface area contributed by atoms with Crippen LogP contribution in [0.2, 0.25) is 0 Å². The quantitative estimate of drug-likeness (QED) is 0.764. The lowest BCUT2D eigenvalue weighted by Gasteiger charge is -2.07. The summed E-state index contributed by atoms with van der Waals surface area (Å²) in [7, 11) is 0. The summed E-state index contributed by atoms with van der Waals surface area (Å²) in [4.78, 5) is 0. The van der Waals surface area contributed by atoms with E-state index in [0.29, 0.717) is 6.61 Å². The second-order valence-corrected chi connectivity index (χ2v) is 4.08. The Labute approximate surface area is 96.8 Å². The van der Waals surface area contributed by atoms with E-state index in [1.807, 2.05) is 6.92 Å². The number of hydrogen-bond acceptors (Lipinski definition) is 1. The van der Waals surface area contributed by atoms with Crippen molar-refractivity contribution in [1.82, 2.24) is 4.57 Å². The zero-order valence-corrected chi connectivity index (χ0v) is 10.3. The van der Waals surface area contributed by atoms with Crippen molar-refractivity contribution in [2.75, 3.05) is 6.61 Å². The van der Waals surface area contributed by atoms with E-state index >= 15 is 0 Å². The molecule has 1 heterocycles. The number of aromatic nitrogens is 1. The minimum atomic E-state index is 0.706. The first-order valence-electron chi connectivity index (χ1n) is 5.92. The summed E-state index contributed by atoms with van der Waals surface area (Å²) in [6.07, 6.45) is 0. The Bertz CT molecular complexity index is 485. The highest BCUT2D eigenvalue weighted by Gasteiger charge is 2.07. The Hall–Kier alpha value is -1.28. The molecule has 0 fully saturated rings. The minimum absolute atomic E-state index is 0.706. The maximum Gasteiger partial charge on any atom is 0.0867 e. The zero-order chi connectivity index (χ0) is 11.5. The number of nitrogens with zero attached hydrogens (tertiary/aromatic N) is 1. The standard InChI is InChI=1S/C14H19NO/c1-4-15-13(10-16-5-2)9-12-8-11(3)6-7-14(12)15/h6-9H,4-5,10H2,1-3H3. The summed E-state index contributed by atoms with van der Waals surface area (Å²) in [5, 5.41) is 1.32. The van der Waals surface area contributed by atoms with Gasteiger partial charge in [0.05, 0.1) is 6.61 Å². The maximum atomic E-state index is 5.50. The molecule has 0 aliphatic heterocycles. The molecule has 2 heteroatoms. The molecule has 0 radical (unpaired) electrons. The van der Waals surface area contributed by atoms with Gasteiger partial charge in [0.15, 0.2) is 0 Å². The molecule has 0 spiro atoms. The Balaban J connectivity index is 2.48. The van der Waals surface area contributed by atoms with Crippen LogP contribution < -0.4 is 0 Å². The van der Waals surface area contributed by atoms with E-state index in [9.17, 15) is 0 Å². The normalized spacial score (nSPS) is 11.2. The van der Waals surface area contributed by atoms with Gasteiger partial charge in [-0.1, -0.05) is 11.6 Å². The van der Waals surface area contributed by atoms with Crippen LogP contribution in [-0.2, 0) is 17.9 Å². The van der Waals surface area contributed by atoms with E-state index in [2.05, 4.69) is 42.7 Å². The topological polar surface area (TPSA) is 14.2 Å². The number of benzene rings is 1. The van der Waals surface area contributed by atoms with Crippen molar-refractivity contribution in [3.63, 3.8) is 0 Å². The number of hydrogen-bond donors (Lipinski definition) is 0. The van der Waals surface area contributed by atoms with Gasteiger partial charge in [-0.15, -0.1) is 0 Å². The molecule has 0 bridgehead atoms. The molecular formula is C14H19NO. The van der Waals surface area contributed by atoms with E-state index < -0.39 is 0 Å². The largest absolute Gasteiger partial charge is 0.376 e. The molecule has 0 aliphatic carbocycles. The molecule has 0 unspecified atom stereocenters. The molecule has 2 rings (SSSR count). The summed E-state index contributed by atoms with van der Waals surface area (Å²) in [6, 6.07) is 8.83. The highest BCUT2D eigenvalue weighted by atomic mass is 16.5. The first-order chi connectivity index (χ1) is 7.76. The monoisotopic (exact) mass is 217 g/mol. The van der Waals surface area contributed by atoms with Crippen LogP contribution >= 0.6 is 0 Å². The van der Waals surface area contributed by atoms with Crippen molar-refractivity contribution in [3.8, 4) is 0 Å². The van der Waals surface area contributed by atoms with E-state index in [-0.39, 0.29) is 0 Å². The van der Waals surface area contributed by atoms with Crippen molar-refractivity contribution in [2.45, 2.75) is 33.9 Å². The van der Waals surface area contributed by atoms with Crippen LogP contribution in [0.4, 0.5) is 0 Å². The van der Waals surface area contributed by atoms with Crippen LogP contribution in [0.1, 0.15) is 25.1 Å². The lowest BCUT2D eigenvalue weighted by Crippen LogP contribution is -2.02. The molecule has 2 nitrogen and oxygen atoms in total. The van der Waals surface area contributed by atoms with Crippen LogP contribution in [-0.4, -0.2) is 11.2 Å². The predicted octanol–water partition coefficient (Wildman–Crippen LogP) is 3.51. The maximum absolute atomic E-state index is 5.50. The van der Waals surface area contributed by atoms with Crippen molar-refractivity contribution < 1.29 is 4.74 Å². The van der Waals surface area contributed by atoms with Gasteiger partial charge in [-0.2, -0.15) is 0 Å². The summed E-state index contributed by atoms with van der Waals surface area (Å²) >= 11 is 0. The van der Waals surface area contributed by atoms with E-state index in [1.165, 1.54) is 22.2 Å². The van der Waals surface area contributed by atoms with E-state index in [1.54, 1.807) is 0 Å². The average molecular weight is 217 g/mol. The zero-order valence-electron chi connectivity index (χ0n) is 10.3. The molecule has 0 aliphatic rings. The molecule has 0 atom stereocenters.